The molecule has 0 aliphatic rings. The van der Waals surface area contributed by atoms with Gasteiger partial charge in [0.05, 0.1) is 6.10 Å². The van der Waals surface area contributed by atoms with Crippen LogP contribution < -0.4 is 0 Å². The number of thioether (sulfide) groups is 1. The molecule has 0 spiro atoms. The van der Waals surface area contributed by atoms with Gasteiger partial charge in [-0.2, -0.15) is 11.8 Å². The first-order valence-corrected chi connectivity index (χ1v) is 5.87. The van der Waals surface area contributed by atoms with Crippen molar-refractivity contribution in [3.8, 4) is 0 Å². The highest BCUT2D eigenvalue weighted by molar-refractivity contribution is 7.98. The summed E-state index contributed by atoms with van der Waals surface area (Å²) in [6, 6.07) is 0. The average Bonchev–Trinajstić information content (AvgIpc) is 2.01. The van der Waals surface area contributed by atoms with Gasteiger partial charge in [-0.1, -0.05) is 19.8 Å². The van der Waals surface area contributed by atoms with Crippen LogP contribution in [0.3, 0.4) is 0 Å². The molecule has 0 fully saturated rings. The van der Waals surface area contributed by atoms with Crippen molar-refractivity contribution in [3.63, 3.8) is 0 Å². The maximum absolute atomic E-state index is 9.40. The van der Waals surface area contributed by atoms with Crippen molar-refractivity contribution in [1.29, 1.82) is 0 Å². The van der Waals surface area contributed by atoms with Crippen molar-refractivity contribution in [3.05, 3.63) is 0 Å². The van der Waals surface area contributed by atoms with E-state index >= 15 is 0 Å². The Kier molecular flexibility index (Phi) is 8.64. The fraction of sp³-hybridized carbons (Fsp3) is 1.00. The van der Waals surface area contributed by atoms with Crippen molar-refractivity contribution in [2.45, 2.75) is 45.1 Å². The lowest BCUT2D eigenvalue weighted by molar-refractivity contribution is 0.151. The van der Waals surface area contributed by atoms with Crippen molar-refractivity contribution in [2.75, 3.05) is 12.0 Å². The molecule has 0 radical (unpaired) electrons. The maximum Gasteiger partial charge on any atom is 0.0540 e. The number of hydrogen-bond donors (Lipinski definition) is 1. The molecular formula is C9H20OS. The molecule has 0 rings (SSSR count). The zero-order chi connectivity index (χ0) is 8.53. The quantitative estimate of drug-likeness (QED) is 0.602. The fourth-order valence-electron chi connectivity index (χ4n) is 1.05. The van der Waals surface area contributed by atoms with Crippen LogP contribution in [-0.4, -0.2) is 23.2 Å². The van der Waals surface area contributed by atoms with E-state index in [2.05, 4.69) is 13.2 Å². The summed E-state index contributed by atoms with van der Waals surface area (Å²) in [5.41, 5.74) is 0. The molecule has 1 atom stereocenters. The van der Waals surface area contributed by atoms with E-state index in [0.717, 1.165) is 19.3 Å². The minimum Gasteiger partial charge on any atom is -0.393 e. The Hall–Kier alpha value is 0.310. The average molecular weight is 176 g/mol. The van der Waals surface area contributed by atoms with Crippen LogP contribution in [0.5, 0.6) is 0 Å². The van der Waals surface area contributed by atoms with Gasteiger partial charge in [-0.25, -0.2) is 0 Å². The fourth-order valence-corrected chi connectivity index (χ4v) is 1.50. The van der Waals surface area contributed by atoms with E-state index in [1.54, 1.807) is 0 Å². The van der Waals surface area contributed by atoms with Crippen molar-refractivity contribution in [1.82, 2.24) is 0 Å². The Morgan fingerprint density at radius 2 is 1.91 bits per heavy atom. The molecule has 2 heteroatoms. The number of aliphatic hydroxyl groups is 1. The molecule has 11 heavy (non-hydrogen) atoms. The van der Waals surface area contributed by atoms with Crippen LogP contribution in [0, 0.1) is 0 Å². The molecule has 1 unspecified atom stereocenters. The second-order valence-electron chi connectivity index (χ2n) is 2.93. The third-order valence-electron chi connectivity index (χ3n) is 1.78. The van der Waals surface area contributed by atoms with Crippen LogP contribution in [0.2, 0.25) is 0 Å². The molecule has 1 nitrogen and oxygen atoms in total. The molecule has 1 N–H and O–H groups in total. The monoisotopic (exact) mass is 176 g/mol. The van der Waals surface area contributed by atoms with Crippen LogP contribution >= 0.6 is 11.8 Å². The molecular weight excluding hydrogens is 156 g/mol. The standard InChI is InChI=1S/C9H20OS/c1-3-4-6-9(10)7-5-8-11-2/h9-10H,3-8H2,1-2H3. The smallest absolute Gasteiger partial charge is 0.0540 e. The van der Waals surface area contributed by atoms with E-state index in [4.69, 9.17) is 0 Å². The van der Waals surface area contributed by atoms with Crippen molar-refractivity contribution < 1.29 is 5.11 Å². The van der Waals surface area contributed by atoms with E-state index in [0.29, 0.717) is 0 Å². The van der Waals surface area contributed by atoms with Crippen LogP contribution in [0.25, 0.3) is 0 Å². The van der Waals surface area contributed by atoms with Gasteiger partial charge < -0.3 is 5.11 Å². The lowest BCUT2D eigenvalue weighted by atomic mass is 10.1. The van der Waals surface area contributed by atoms with Gasteiger partial charge in [-0.05, 0) is 31.3 Å². The van der Waals surface area contributed by atoms with Crippen LogP contribution in [0.1, 0.15) is 39.0 Å². The number of rotatable bonds is 7. The van der Waals surface area contributed by atoms with E-state index in [1.165, 1.54) is 18.6 Å². The lowest BCUT2D eigenvalue weighted by Crippen LogP contribution is -2.06. The third kappa shape index (κ3) is 8.21. The number of unbranched alkanes of at least 4 members (excludes halogenated alkanes) is 1. The molecule has 0 aliphatic heterocycles. The van der Waals surface area contributed by atoms with Gasteiger partial charge in [0.1, 0.15) is 0 Å². The molecule has 0 aromatic rings. The third-order valence-corrected chi connectivity index (χ3v) is 2.47. The van der Waals surface area contributed by atoms with Crippen LogP contribution in [-0.2, 0) is 0 Å². The van der Waals surface area contributed by atoms with E-state index in [9.17, 15) is 5.11 Å². The first-order chi connectivity index (χ1) is 5.31. The predicted octanol–water partition coefficient (Wildman–Crippen LogP) is 2.68. The summed E-state index contributed by atoms with van der Waals surface area (Å²) in [6.45, 7) is 2.16. The Labute approximate surface area is 74.6 Å². The molecule has 0 amide bonds. The minimum atomic E-state index is -0.0397. The summed E-state index contributed by atoms with van der Waals surface area (Å²) in [4.78, 5) is 0. The summed E-state index contributed by atoms with van der Waals surface area (Å²) in [7, 11) is 0. The highest BCUT2D eigenvalue weighted by Gasteiger charge is 2.01. The van der Waals surface area contributed by atoms with Gasteiger partial charge >= 0.3 is 0 Å². The van der Waals surface area contributed by atoms with Gasteiger partial charge in [0.25, 0.3) is 0 Å². The number of aliphatic hydroxyl groups excluding tert-OH is 1. The van der Waals surface area contributed by atoms with Crippen molar-refractivity contribution >= 4 is 11.8 Å². The lowest BCUT2D eigenvalue weighted by Gasteiger charge is -2.08. The maximum atomic E-state index is 9.40. The van der Waals surface area contributed by atoms with E-state index in [1.807, 2.05) is 11.8 Å². The minimum absolute atomic E-state index is 0.0397. The molecule has 0 aromatic heterocycles. The molecule has 68 valence electrons. The molecule has 0 bridgehead atoms. The predicted molar refractivity (Wildman–Crippen MR) is 53.1 cm³/mol. The summed E-state index contributed by atoms with van der Waals surface area (Å²) >= 11 is 1.86. The SMILES string of the molecule is CCCCC(O)CCCSC. The Morgan fingerprint density at radius 3 is 2.45 bits per heavy atom. The topological polar surface area (TPSA) is 20.2 Å². The summed E-state index contributed by atoms with van der Waals surface area (Å²) in [6.07, 6.45) is 7.57. The zero-order valence-corrected chi connectivity index (χ0v) is 8.49. The Morgan fingerprint density at radius 1 is 1.27 bits per heavy atom. The second kappa shape index (κ2) is 8.41. The molecule has 0 aliphatic carbocycles. The van der Waals surface area contributed by atoms with E-state index in [-0.39, 0.29) is 6.10 Å². The van der Waals surface area contributed by atoms with Crippen LogP contribution in [0.4, 0.5) is 0 Å². The Bertz CT molecular complexity index is 76.0. The molecule has 0 aromatic carbocycles. The first-order valence-electron chi connectivity index (χ1n) is 4.48. The van der Waals surface area contributed by atoms with Gasteiger partial charge in [-0.3, -0.25) is 0 Å². The molecule has 0 saturated heterocycles. The second-order valence-corrected chi connectivity index (χ2v) is 3.92. The van der Waals surface area contributed by atoms with Gasteiger partial charge in [0.2, 0.25) is 0 Å². The van der Waals surface area contributed by atoms with Crippen molar-refractivity contribution in [2.24, 2.45) is 0 Å². The highest BCUT2D eigenvalue weighted by Crippen LogP contribution is 2.08. The summed E-state index contributed by atoms with van der Waals surface area (Å²) in [5.74, 6) is 1.18. The molecule has 0 heterocycles. The molecule has 0 saturated carbocycles. The Balaban J connectivity index is 3.02. The van der Waals surface area contributed by atoms with E-state index < -0.39 is 0 Å². The van der Waals surface area contributed by atoms with Crippen LogP contribution in [0.15, 0.2) is 0 Å². The number of hydrogen-bond acceptors (Lipinski definition) is 2. The summed E-state index contributed by atoms with van der Waals surface area (Å²) in [5, 5.41) is 9.40. The van der Waals surface area contributed by atoms with Gasteiger partial charge in [-0.15, -0.1) is 0 Å². The first kappa shape index (κ1) is 11.3. The summed E-state index contributed by atoms with van der Waals surface area (Å²) < 4.78 is 0. The zero-order valence-electron chi connectivity index (χ0n) is 7.68. The highest BCUT2D eigenvalue weighted by atomic mass is 32.2. The normalized spacial score (nSPS) is 13.4. The van der Waals surface area contributed by atoms with Gasteiger partial charge in [0, 0.05) is 0 Å². The largest absolute Gasteiger partial charge is 0.393 e. The van der Waals surface area contributed by atoms with Gasteiger partial charge in [0.15, 0.2) is 0 Å².